The highest BCUT2D eigenvalue weighted by atomic mass is 35.5. The molecule has 2 aliphatic heterocycles. The lowest BCUT2D eigenvalue weighted by Gasteiger charge is -2.15. The van der Waals surface area contributed by atoms with E-state index < -0.39 is 5.97 Å². The number of fused-ring (bicyclic) bond motifs is 1. The van der Waals surface area contributed by atoms with Crippen LogP contribution in [0.25, 0.3) is 0 Å². The summed E-state index contributed by atoms with van der Waals surface area (Å²) in [5.74, 6) is -0.651. The molecule has 0 bridgehead atoms. The SMILES string of the molecule is O=C(OCN1SN2CCCC2C1=O)c1c(Cl)cccc1Cl. The fraction of sp³-hybridized carbons (Fsp3) is 0.385. The standard InChI is InChI=1S/C13H12Cl2N2O3S/c14-8-3-1-4-9(15)11(8)13(19)20-7-17-12(18)10-5-2-6-16(10)21-17/h1,3-4,10H,2,5-7H2. The van der Waals surface area contributed by atoms with Gasteiger partial charge in [0.15, 0.2) is 6.73 Å². The van der Waals surface area contributed by atoms with E-state index in [2.05, 4.69) is 0 Å². The number of benzene rings is 1. The minimum absolute atomic E-state index is 0.0180. The Bertz CT molecular complexity index is 579. The van der Waals surface area contributed by atoms with Crippen molar-refractivity contribution in [3.05, 3.63) is 33.8 Å². The van der Waals surface area contributed by atoms with Gasteiger partial charge in [0, 0.05) is 18.7 Å². The molecular formula is C13H12Cl2N2O3S. The predicted octanol–water partition coefficient (Wildman–Crippen LogP) is 2.98. The minimum Gasteiger partial charge on any atom is -0.440 e. The van der Waals surface area contributed by atoms with Crippen molar-refractivity contribution in [1.82, 2.24) is 8.61 Å². The number of ether oxygens (including phenoxy) is 1. The Morgan fingerprint density at radius 3 is 2.76 bits per heavy atom. The summed E-state index contributed by atoms with van der Waals surface area (Å²) in [7, 11) is 0. The van der Waals surface area contributed by atoms with Crippen LogP contribution in [0.5, 0.6) is 0 Å². The predicted molar refractivity (Wildman–Crippen MR) is 80.9 cm³/mol. The molecular weight excluding hydrogens is 335 g/mol. The molecule has 0 radical (unpaired) electrons. The second-order valence-corrected chi connectivity index (χ2v) is 6.64. The quantitative estimate of drug-likeness (QED) is 0.622. The molecule has 2 aliphatic rings. The van der Waals surface area contributed by atoms with Gasteiger partial charge in [0.1, 0.15) is 6.04 Å². The van der Waals surface area contributed by atoms with E-state index in [4.69, 9.17) is 27.9 Å². The maximum Gasteiger partial charge on any atom is 0.342 e. The molecule has 3 rings (SSSR count). The molecule has 21 heavy (non-hydrogen) atoms. The average Bonchev–Trinajstić information content (AvgIpc) is 3.00. The number of hydrogen-bond donors (Lipinski definition) is 0. The zero-order valence-electron chi connectivity index (χ0n) is 10.9. The van der Waals surface area contributed by atoms with E-state index in [-0.39, 0.29) is 34.3 Å². The number of nitrogens with zero attached hydrogens (tertiary/aromatic N) is 2. The normalized spacial score (nSPS) is 21.7. The molecule has 1 atom stereocenters. The van der Waals surface area contributed by atoms with Crippen LogP contribution in [0, 0.1) is 0 Å². The molecule has 0 saturated carbocycles. The van der Waals surface area contributed by atoms with Gasteiger partial charge in [0.2, 0.25) is 0 Å². The van der Waals surface area contributed by atoms with Crippen LogP contribution in [0.2, 0.25) is 10.0 Å². The van der Waals surface area contributed by atoms with Gasteiger partial charge in [-0.2, -0.15) is 0 Å². The summed E-state index contributed by atoms with van der Waals surface area (Å²) in [6.45, 7) is 0.763. The van der Waals surface area contributed by atoms with Crippen LogP contribution in [0.1, 0.15) is 23.2 Å². The largest absolute Gasteiger partial charge is 0.440 e. The van der Waals surface area contributed by atoms with Crippen molar-refractivity contribution in [2.24, 2.45) is 0 Å². The Hall–Kier alpha value is -0.950. The lowest BCUT2D eigenvalue weighted by molar-refractivity contribution is -0.129. The van der Waals surface area contributed by atoms with Gasteiger partial charge in [0.05, 0.1) is 15.6 Å². The first-order valence-electron chi connectivity index (χ1n) is 6.45. The number of carbonyl (C=O) groups excluding carboxylic acids is 2. The molecule has 2 heterocycles. The Balaban J connectivity index is 1.63. The van der Waals surface area contributed by atoms with E-state index in [9.17, 15) is 9.59 Å². The van der Waals surface area contributed by atoms with Crippen LogP contribution >= 0.6 is 35.3 Å². The van der Waals surface area contributed by atoms with Crippen molar-refractivity contribution in [1.29, 1.82) is 0 Å². The van der Waals surface area contributed by atoms with Crippen molar-refractivity contribution >= 4 is 47.2 Å². The third-order valence-electron chi connectivity index (χ3n) is 3.42. The second kappa shape index (κ2) is 6.04. The highest BCUT2D eigenvalue weighted by molar-refractivity contribution is 7.95. The summed E-state index contributed by atoms with van der Waals surface area (Å²) in [5, 5.41) is 0.460. The van der Waals surface area contributed by atoms with Crippen molar-refractivity contribution in [2.75, 3.05) is 13.3 Å². The topological polar surface area (TPSA) is 49.9 Å². The number of amides is 1. The summed E-state index contributed by atoms with van der Waals surface area (Å²) in [4.78, 5) is 24.1. The molecule has 2 fully saturated rings. The number of halogens is 2. The van der Waals surface area contributed by atoms with Gasteiger partial charge in [-0.15, -0.1) is 0 Å². The van der Waals surface area contributed by atoms with E-state index in [1.54, 1.807) is 18.2 Å². The van der Waals surface area contributed by atoms with Crippen LogP contribution in [0.3, 0.4) is 0 Å². The monoisotopic (exact) mass is 346 g/mol. The first-order valence-corrected chi connectivity index (χ1v) is 7.94. The van der Waals surface area contributed by atoms with E-state index >= 15 is 0 Å². The van der Waals surface area contributed by atoms with E-state index in [0.29, 0.717) is 0 Å². The van der Waals surface area contributed by atoms with Gasteiger partial charge < -0.3 is 4.74 Å². The summed E-state index contributed by atoms with van der Waals surface area (Å²) >= 11 is 13.2. The molecule has 1 aromatic rings. The van der Waals surface area contributed by atoms with Gasteiger partial charge in [-0.1, -0.05) is 29.3 Å². The van der Waals surface area contributed by atoms with Crippen molar-refractivity contribution in [3.63, 3.8) is 0 Å². The zero-order valence-corrected chi connectivity index (χ0v) is 13.2. The van der Waals surface area contributed by atoms with Crippen LogP contribution in [0.15, 0.2) is 18.2 Å². The van der Waals surface area contributed by atoms with Crippen molar-refractivity contribution in [3.8, 4) is 0 Å². The molecule has 0 spiro atoms. The lowest BCUT2D eigenvalue weighted by Crippen LogP contribution is -2.30. The summed E-state index contributed by atoms with van der Waals surface area (Å²) in [5.41, 5.74) is 0.123. The van der Waals surface area contributed by atoms with Crippen molar-refractivity contribution in [2.45, 2.75) is 18.9 Å². The summed E-state index contributed by atoms with van der Waals surface area (Å²) in [6.07, 6.45) is 1.87. The van der Waals surface area contributed by atoms with Gasteiger partial charge >= 0.3 is 5.97 Å². The van der Waals surface area contributed by atoms with Crippen LogP contribution in [-0.4, -0.2) is 39.8 Å². The average molecular weight is 347 g/mol. The first kappa shape index (κ1) is 15.0. The summed E-state index contributed by atoms with van der Waals surface area (Å²) in [6, 6.07) is 4.69. The lowest BCUT2D eigenvalue weighted by atomic mass is 10.2. The molecule has 8 heteroatoms. The molecule has 1 unspecified atom stereocenters. The zero-order chi connectivity index (χ0) is 15.0. The number of rotatable bonds is 3. The second-order valence-electron chi connectivity index (χ2n) is 4.75. The minimum atomic E-state index is -0.633. The summed E-state index contributed by atoms with van der Waals surface area (Å²) < 4.78 is 8.62. The van der Waals surface area contributed by atoms with E-state index in [0.717, 1.165) is 19.4 Å². The maximum atomic E-state index is 12.1. The number of carbonyl (C=O) groups is 2. The smallest absolute Gasteiger partial charge is 0.342 e. The molecule has 5 nitrogen and oxygen atoms in total. The van der Waals surface area contributed by atoms with Crippen LogP contribution in [-0.2, 0) is 9.53 Å². The molecule has 0 aliphatic carbocycles. The van der Waals surface area contributed by atoms with Gasteiger partial charge in [0.25, 0.3) is 5.91 Å². The maximum absolute atomic E-state index is 12.1. The highest BCUT2D eigenvalue weighted by Crippen LogP contribution is 2.36. The molecule has 112 valence electrons. The number of hydrogen-bond acceptors (Lipinski definition) is 5. The highest BCUT2D eigenvalue weighted by Gasteiger charge is 2.43. The van der Waals surface area contributed by atoms with Crippen molar-refractivity contribution < 1.29 is 14.3 Å². The first-order chi connectivity index (χ1) is 10.1. The van der Waals surface area contributed by atoms with E-state index in [1.807, 2.05) is 4.31 Å². The Morgan fingerprint density at radius 1 is 1.38 bits per heavy atom. The molecule has 1 amide bonds. The van der Waals surface area contributed by atoms with E-state index in [1.165, 1.54) is 16.4 Å². The Morgan fingerprint density at radius 2 is 2.10 bits per heavy atom. The Labute approximate surface area is 136 Å². The third kappa shape index (κ3) is 2.85. The van der Waals surface area contributed by atoms with Gasteiger partial charge in [-0.3, -0.25) is 4.79 Å². The number of esters is 1. The molecule has 2 saturated heterocycles. The third-order valence-corrected chi connectivity index (χ3v) is 5.18. The Kier molecular flexibility index (Phi) is 4.31. The fourth-order valence-corrected chi connectivity index (χ4v) is 4.01. The van der Waals surface area contributed by atoms with Crippen LogP contribution < -0.4 is 0 Å². The van der Waals surface area contributed by atoms with Gasteiger partial charge in [-0.25, -0.2) is 13.4 Å². The molecule has 0 N–H and O–H groups in total. The molecule has 1 aromatic carbocycles. The van der Waals surface area contributed by atoms with Gasteiger partial charge in [-0.05, 0) is 25.0 Å². The molecule has 0 aromatic heterocycles. The van der Waals surface area contributed by atoms with Crippen LogP contribution in [0.4, 0.5) is 0 Å². The fourth-order valence-electron chi connectivity index (χ4n) is 2.39.